The second kappa shape index (κ2) is 8.54. The molecule has 0 unspecified atom stereocenters. The lowest BCUT2D eigenvalue weighted by atomic mass is 10.0. The number of carbonyl (C=O) groups excluding carboxylic acids is 2. The lowest BCUT2D eigenvalue weighted by Crippen LogP contribution is -2.30. The molecular formula is C19H24N2O3S. The highest BCUT2D eigenvalue weighted by atomic mass is 32.2. The van der Waals surface area contributed by atoms with Gasteiger partial charge in [-0.3, -0.25) is 9.69 Å². The van der Waals surface area contributed by atoms with Gasteiger partial charge in [0.15, 0.2) is 0 Å². The van der Waals surface area contributed by atoms with E-state index in [1.807, 2.05) is 0 Å². The maximum atomic E-state index is 12.1. The molecule has 1 aromatic rings. The number of thioether (sulfide) groups is 1. The van der Waals surface area contributed by atoms with Gasteiger partial charge in [-0.25, -0.2) is 4.79 Å². The molecular weight excluding hydrogens is 336 g/mol. The standard InChI is InChI=1S/C19H24N2O3S/c1-24-19(23)13-18-21(17(22)14-25-18)12-6-11-20-10-5-9-16(20)15-7-3-2-4-8-15/h2-4,7-8,13,16H,5-6,9-12,14H2,1H3/b18-13+/t16-/m1/s1. The Morgan fingerprint density at radius 1 is 1.32 bits per heavy atom. The average Bonchev–Trinajstić information content (AvgIpc) is 3.24. The third kappa shape index (κ3) is 4.44. The van der Waals surface area contributed by atoms with Crippen molar-refractivity contribution < 1.29 is 14.3 Å². The molecule has 2 fully saturated rings. The van der Waals surface area contributed by atoms with Crippen molar-refractivity contribution in [3.63, 3.8) is 0 Å². The summed E-state index contributed by atoms with van der Waals surface area (Å²) in [4.78, 5) is 27.7. The number of amides is 1. The van der Waals surface area contributed by atoms with Crippen LogP contribution in [0.2, 0.25) is 0 Å². The van der Waals surface area contributed by atoms with Crippen LogP contribution in [0.5, 0.6) is 0 Å². The van der Waals surface area contributed by atoms with Gasteiger partial charge in [0.25, 0.3) is 0 Å². The zero-order valence-corrected chi connectivity index (χ0v) is 15.3. The third-order valence-corrected chi connectivity index (χ3v) is 5.75. The molecule has 0 N–H and O–H groups in total. The summed E-state index contributed by atoms with van der Waals surface area (Å²) < 4.78 is 4.67. The van der Waals surface area contributed by atoms with E-state index in [1.54, 1.807) is 4.90 Å². The first kappa shape index (κ1) is 18.0. The van der Waals surface area contributed by atoms with E-state index in [0.717, 1.165) is 19.5 Å². The van der Waals surface area contributed by atoms with Gasteiger partial charge >= 0.3 is 5.97 Å². The number of hydrogen-bond donors (Lipinski definition) is 0. The maximum Gasteiger partial charge on any atom is 0.333 e. The van der Waals surface area contributed by atoms with Gasteiger partial charge in [0.05, 0.1) is 24.0 Å². The number of ether oxygens (including phenoxy) is 1. The summed E-state index contributed by atoms with van der Waals surface area (Å²) in [5.41, 5.74) is 1.37. The lowest BCUT2D eigenvalue weighted by molar-refractivity contribution is -0.134. The zero-order valence-electron chi connectivity index (χ0n) is 14.5. The number of carbonyl (C=O) groups is 2. The van der Waals surface area contributed by atoms with E-state index >= 15 is 0 Å². The first-order valence-electron chi connectivity index (χ1n) is 8.71. The maximum absolute atomic E-state index is 12.1. The first-order chi connectivity index (χ1) is 12.2. The summed E-state index contributed by atoms with van der Waals surface area (Å²) in [5, 5.41) is 0.706. The van der Waals surface area contributed by atoms with Crippen LogP contribution in [0.3, 0.4) is 0 Å². The quantitative estimate of drug-likeness (QED) is 0.577. The summed E-state index contributed by atoms with van der Waals surface area (Å²) in [5.74, 6) is 0.0613. The normalized spacial score (nSPS) is 22.8. The summed E-state index contributed by atoms with van der Waals surface area (Å²) in [7, 11) is 1.35. The summed E-state index contributed by atoms with van der Waals surface area (Å²) >= 11 is 1.41. The van der Waals surface area contributed by atoms with Crippen LogP contribution in [-0.2, 0) is 14.3 Å². The number of likely N-dealkylation sites (tertiary alicyclic amines) is 1. The van der Waals surface area contributed by atoms with Crippen LogP contribution in [-0.4, -0.2) is 54.2 Å². The number of methoxy groups -OCH3 is 1. The Labute approximate surface area is 153 Å². The predicted molar refractivity (Wildman–Crippen MR) is 98.9 cm³/mol. The molecule has 0 aliphatic carbocycles. The van der Waals surface area contributed by atoms with E-state index in [0.29, 0.717) is 23.4 Å². The van der Waals surface area contributed by atoms with E-state index in [9.17, 15) is 9.59 Å². The molecule has 0 saturated carbocycles. The Hall–Kier alpha value is -1.79. The van der Waals surface area contributed by atoms with E-state index in [1.165, 1.54) is 43.4 Å². The van der Waals surface area contributed by atoms with Crippen LogP contribution in [0.25, 0.3) is 0 Å². The Kier molecular flexibility index (Phi) is 6.15. The number of esters is 1. The van der Waals surface area contributed by atoms with Gasteiger partial charge in [0.1, 0.15) is 0 Å². The first-order valence-corrected chi connectivity index (χ1v) is 9.69. The van der Waals surface area contributed by atoms with Crippen molar-refractivity contribution in [3.05, 3.63) is 47.0 Å². The minimum absolute atomic E-state index is 0.0705. The van der Waals surface area contributed by atoms with Gasteiger partial charge < -0.3 is 9.64 Å². The molecule has 6 heteroatoms. The van der Waals surface area contributed by atoms with Gasteiger partial charge in [-0.05, 0) is 31.4 Å². The van der Waals surface area contributed by atoms with Crippen LogP contribution in [0.15, 0.2) is 41.4 Å². The zero-order chi connectivity index (χ0) is 17.6. The van der Waals surface area contributed by atoms with E-state index in [-0.39, 0.29) is 5.91 Å². The fraction of sp³-hybridized carbons (Fsp3) is 0.474. The van der Waals surface area contributed by atoms with Gasteiger partial charge in [-0.15, -0.1) is 0 Å². The highest BCUT2D eigenvalue weighted by Crippen LogP contribution is 2.32. The molecule has 3 rings (SSSR count). The summed E-state index contributed by atoms with van der Waals surface area (Å²) in [6.45, 7) is 2.71. The molecule has 0 bridgehead atoms. The van der Waals surface area contributed by atoms with Crippen LogP contribution >= 0.6 is 11.8 Å². The molecule has 0 aromatic heterocycles. The highest BCUT2D eigenvalue weighted by Gasteiger charge is 2.29. The van der Waals surface area contributed by atoms with Crippen LogP contribution < -0.4 is 0 Å². The minimum Gasteiger partial charge on any atom is -0.466 e. The Balaban J connectivity index is 1.55. The molecule has 1 atom stereocenters. The minimum atomic E-state index is -0.411. The molecule has 2 heterocycles. The number of hydrogen-bond acceptors (Lipinski definition) is 5. The molecule has 0 spiro atoms. The number of rotatable bonds is 6. The van der Waals surface area contributed by atoms with E-state index < -0.39 is 5.97 Å². The van der Waals surface area contributed by atoms with Crippen molar-refractivity contribution in [2.24, 2.45) is 0 Å². The van der Waals surface area contributed by atoms with Crippen molar-refractivity contribution >= 4 is 23.6 Å². The molecule has 5 nitrogen and oxygen atoms in total. The summed E-state index contributed by atoms with van der Waals surface area (Å²) in [6, 6.07) is 11.1. The molecule has 0 radical (unpaired) electrons. The Morgan fingerprint density at radius 3 is 2.88 bits per heavy atom. The van der Waals surface area contributed by atoms with Gasteiger partial charge in [0.2, 0.25) is 5.91 Å². The molecule has 25 heavy (non-hydrogen) atoms. The molecule has 2 saturated heterocycles. The second-order valence-corrected chi connectivity index (χ2v) is 7.29. The van der Waals surface area contributed by atoms with Crippen molar-refractivity contribution in [1.29, 1.82) is 0 Å². The highest BCUT2D eigenvalue weighted by molar-refractivity contribution is 8.04. The van der Waals surface area contributed by atoms with Crippen molar-refractivity contribution in [3.8, 4) is 0 Å². The lowest BCUT2D eigenvalue weighted by Gasteiger charge is -2.26. The molecule has 1 amide bonds. The second-order valence-electron chi connectivity index (χ2n) is 6.30. The molecule has 2 aliphatic heterocycles. The smallest absolute Gasteiger partial charge is 0.333 e. The number of nitrogens with zero attached hydrogens (tertiary/aromatic N) is 2. The topological polar surface area (TPSA) is 49.9 Å². The third-order valence-electron chi connectivity index (χ3n) is 4.73. The largest absolute Gasteiger partial charge is 0.466 e. The van der Waals surface area contributed by atoms with E-state index in [2.05, 4.69) is 40.0 Å². The molecule has 134 valence electrons. The SMILES string of the molecule is COC(=O)/C=C1/SCC(=O)N1CCCN1CCC[C@@H]1c1ccccc1. The van der Waals surface area contributed by atoms with Gasteiger partial charge in [0, 0.05) is 19.1 Å². The monoisotopic (exact) mass is 360 g/mol. The van der Waals surface area contributed by atoms with Gasteiger partial charge in [-0.1, -0.05) is 42.1 Å². The van der Waals surface area contributed by atoms with Crippen molar-refractivity contribution in [1.82, 2.24) is 9.80 Å². The summed E-state index contributed by atoms with van der Waals surface area (Å²) in [6.07, 6.45) is 4.72. The van der Waals surface area contributed by atoms with Crippen LogP contribution in [0.1, 0.15) is 30.9 Å². The Morgan fingerprint density at radius 2 is 2.12 bits per heavy atom. The van der Waals surface area contributed by atoms with Crippen LogP contribution in [0, 0.1) is 0 Å². The fourth-order valence-electron chi connectivity index (χ4n) is 3.51. The average molecular weight is 360 g/mol. The fourth-order valence-corrected chi connectivity index (χ4v) is 4.46. The predicted octanol–water partition coefficient (Wildman–Crippen LogP) is 2.80. The van der Waals surface area contributed by atoms with Crippen molar-refractivity contribution in [2.45, 2.75) is 25.3 Å². The Bertz CT molecular complexity index is 647. The van der Waals surface area contributed by atoms with Gasteiger partial charge in [-0.2, -0.15) is 0 Å². The molecule has 2 aliphatic rings. The van der Waals surface area contributed by atoms with Crippen molar-refractivity contribution in [2.75, 3.05) is 32.5 Å². The van der Waals surface area contributed by atoms with E-state index in [4.69, 9.17) is 0 Å². The number of benzene rings is 1. The van der Waals surface area contributed by atoms with Crippen LogP contribution in [0.4, 0.5) is 0 Å². The molecule has 1 aromatic carbocycles.